The zero-order valence-electron chi connectivity index (χ0n) is 21.0. The third-order valence-corrected chi connectivity index (χ3v) is 10.3. The van der Waals surface area contributed by atoms with Crippen LogP contribution in [0.5, 0.6) is 0 Å². The van der Waals surface area contributed by atoms with Crippen LogP contribution < -0.4 is 15.1 Å². The summed E-state index contributed by atoms with van der Waals surface area (Å²) >= 11 is 11.7. The minimum Gasteiger partial charge on any atom is -0.325 e. The molecular weight excluding hydrogens is 634 g/mol. The number of thiazole rings is 1. The van der Waals surface area contributed by atoms with E-state index in [4.69, 9.17) is 11.6 Å². The molecule has 3 atom stereocenters. The lowest BCUT2D eigenvalue weighted by Crippen LogP contribution is -2.33. The Morgan fingerprint density at radius 1 is 1.00 bits per heavy atom. The number of aromatic nitrogens is 1. The molecule has 4 aromatic rings. The summed E-state index contributed by atoms with van der Waals surface area (Å²) in [7, 11) is 0. The zero-order chi connectivity index (χ0) is 28.1. The molecule has 0 unspecified atom stereocenters. The molecule has 6 rings (SSSR count). The van der Waals surface area contributed by atoms with Gasteiger partial charge in [0.25, 0.3) is 0 Å². The van der Waals surface area contributed by atoms with Gasteiger partial charge in [-0.1, -0.05) is 80.5 Å². The Kier molecular flexibility index (Phi) is 7.20. The lowest BCUT2D eigenvalue weighted by atomic mass is 9.83. The van der Waals surface area contributed by atoms with Crippen LogP contribution in [0, 0.1) is 12.8 Å². The fourth-order valence-corrected chi connectivity index (χ4v) is 8.46. The second kappa shape index (κ2) is 10.7. The molecule has 1 N–H and O–H groups in total. The van der Waals surface area contributed by atoms with E-state index in [2.05, 4.69) is 21.2 Å². The number of nitrogens with one attached hydrogen (secondary N) is 1. The number of halogens is 2. The summed E-state index contributed by atoms with van der Waals surface area (Å²) < 4.78 is 2.23. The summed E-state index contributed by atoms with van der Waals surface area (Å²) in [6, 6.07) is 21.5. The highest BCUT2D eigenvalue weighted by Crippen LogP contribution is 2.54. The molecule has 0 saturated carbocycles. The number of amides is 3. The van der Waals surface area contributed by atoms with Gasteiger partial charge in [-0.3, -0.25) is 23.7 Å². The van der Waals surface area contributed by atoms with Crippen molar-refractivity contribution in [2.75, 3.05) is 10.2 Å². The van der Waals surface area contributed by atoms with E-state index in [9.17, 15) is 19.2 Å². The van der Waals surface area contributed by atoms with Crippen LogP contribution >= 0.6 is 50.6 Å². The van der Waals surface area contributed by atoms with Crippen LogP contribution in [-0.2, 0) is 20.9 Å². The third kappa shape index (κ3) is 4.83. The van der Waals surface area contributed by atoms with Crippen molar-refractivity contribution in [2.24, 2.45) is 5.92 Å². The van der Waals surface area contributed by atoms with Crippen molar-refractivity contribution in [2.45, 2.75) is 29.7 Å². The van der Waals surface area contributed by atoms with Crippen molar-refractivity contribution < 1.29 is 14.4 Å². The molecule has 202 valence electrons. The van der Waals surface area contributed by atoms with Crippen molar-refractivity contribution in [3.05, 3.63) is 108 Å². The third-order valence-electron chi connectivity index (χ3n) is 6.98. The molecule has 40 heavy (non-hydrogen) atoms. The first-order valence-electron chi connectivity index (χ1n) is 12.4. The highest BCUT2D eigenvalue weighted by molar-refractivity contribution is 9.10. The molecule has 3 amide bonds. The van der Waals surface area contributed by atoms with Crippen LogP contribution in [-0.4, -0.2) is 27.5 Å². The van der Waals surface area contributed by atoms with Gasteiger partial charge in [-0.25, -0.2) is 4.90 Å². The standard InChI is InChI=1S/C29H21BrClN3O4S2/c1-15-5-11-20(12-6-15)34-26(36)23-22(16-3-2-4-17(30)13-16)25-28(39-24(23)27(34)37)33(29(38)40-25)14-21(35)32-19-9-7-18(31)8-10-19/h2-13,22-24H,14H2,1H3,(H,32,35)/t22-,23-,24+/m0/s1. The molecule has 3 heterocycles. The summed E-state index contributed by atoms with van der Waals surface area (Å²) in [5, 5.41) is 3.13. The Balaban J connectivity index is 1.41. The topological polar surface area (TPSA) is 88.5 Å². The summed E-state index contributed by atoms with van der Waals surface area (Å²) in [5.41, 5.74) is 2.91. The monoisotopic (exact) mass is 653 g/mol. The lowest BCUT2D eigenvalue weighted by Gasteiger charge is -2.30. The predicted molar refractivity (Wildman–Crippen MR) is 161 cm³/mol. The van der Waals surface area contributed by atoms with Gasteiger partial charge in [0.2, 0.25) is 17.7 Å². The molecule has 1 saturated heterocycles. The first kappa shape index (κ1) is 27.0. The van der Waals surface area contributed by atoms with Gasteiger partial charge < -0.3 is 5.32 Å². The molecule has 1 fully saturated rings. The van der Waals surface area contributed by atoms with Crippen LogP contribution in [0.1, 0.15) is 21.9 Å². The number of carbonyl (C=O) groups excluding carboxylic acids is 3. The van der Waals surface area contributed by atoms with Gasteiger partial charge in [-0.2, -0.15) is 0 Å². The fourth-order valence-electron chi connectivity index (χ4n) is 5.14. The van der Waals surface area contributed by atoms with Crippen molar-refractivity contribution >= 4 is 79.7 Å². The quantitative estimate of drug-likeness (QED) is 0.264. The molecule has 0 bridgehead atoms. The predicted octanol–water partition coefficient (Wildman–Crippen LogP) is 6.07. The Morgan fingerprint density at radius 2 is 1.73 bits per heavy atom. The summed E-state index contributed by atoms with van der Waals surface area (Å²) in [6.45, 7) is 1.71. The van der Waals surface area contributed by atoms with E-state index < -0.39 is 17.1 Å². The van der Waals surface area contributed by atoms with E-state index in [1.807, 2.05) is 43.3 Å². The molecule has 1 aromatic heterocycles. The number of carbonyl (C=O) groups is 3. The molecule has 0 spiro atoms. The summed E-state index contributed by atoms with van der Waals surface area (Å²) in [4.78, 5) is 55.6. The molecule has 11 heteroatoms. The van der Waals surface area contributed by atoms with Crippen molar-refractivity contribution in [3.63, 3.8) is 0 Å². The van der Waals surface area contributed by atoms with Crippen LogP contribution in [0.15, 0.2) is 87.1 Å². The van der Waals surface area contributed by atoms with E-state index in [0.29, 0.717) is 26.3 Å². The van der Waals surface area contributed by atoms with Crippen LogP contribution in [0.25, 0.3) is 0 Å². The average molecular weight is 655 g/mol. The highest BCUT2D eigenvalue weighted by Gasteiger charge is 2.56. The molecule has 2 aliphatic rings. The Bertz CT molecular complexity index is 1720. The van der Waals surface area contributed by atoms with Gasteiger partial charge in [0.15, 0.2) is 0 Å². The van der Waals surface area contributed by atoms with Gasteiger partial charge in [-0.05, 0) is 61.0 Å². The molecule has 2 aliphatic heterocycles. The number of nitrogens with zero attached hydrogens (tertiary/aromatic N) is 2. The molecule has 0 aliphatic carbocycles. The number of imide groups is 1. The first-order valence-corrected chi connectivity index (χ1v) is 15.2. The number of fused-ring (bicyclic) bond motifs is 2. The normalized spacial score (nSPS) is 19.9. The fraction of sp³-hybridized carbons (Fsp3) is 0.172. The van der Waals surface area contributed by atoms with E-state index >= 15 is 0 Å². The number of benzene rings is 3. The SMILES string of the molecule is Cc1ccc(N2C(=O)[C@H]3[C@H](c4cccc(Br)c4)c4sc(=O)n(CC(=O)Nc5ccc(Cl)cc5)c4S[C@H]3C2=O)cc1. The number of hydrogen-bond acceptors (Lipinski definition) is 6. The number of aryl methyl sites for hydroxylation is 1. The number of hydrogen-bond donors (Lipinski definition) is 1. The van der Waals surface area contributed by atoms with E-state index in [1.165, 1.54) is 21.2 Å². The molecule has 7 nitrogen and oxygen atoms in total. The maximum absolute atomic E-state index is 13.9. The summed E-state index contributed by atoms with van der Waals surface area (Å²) in [5.74, 6) is -2.24. The summed E-state index contributed by atoms with van der Waals surface area (Å²) in [6.07, 6.45) is 0. The minimum absolute atomic E-state index is 0.229. The van der Waals surface area contributed by atoms with E-state index in [0.717, 1.165) is 26.9 Å². The Morgan fingerprint density at radius 3 is 2.42 bits per heavy atom. The lowest BCUT2D eigenvalue weighted by molar-refractivity contribution is -0.122. The van der Waals surface area contributed by atoms with E-state index in [1.54, 1.807) is 36.4 Å². The van der Waals surface area contributed by atoms with Gasteiger partial charge >= 0.3 is 4.87 Å². The van der Waals surface area contributed by atoms with Crippen LogP contribution in [0.3, 0.4) is 0 Å². The number of thioether (sulfide) groups is 1. The number of rotatable bonds is 5. The smallest absolute Gasteiger partial charge is 0.308 e. The Labute approximate surface area is 251 Å². The van der Waals surface area contributed by atoms with Crippen molar-refractivity contribution in [1.29, 1.82) is 0 Å². The Hall–Kier alpha value is -3.18. The van der Waals surface area contributed by atoms with Gasteiger partial charge in [0, 0.05) is 26.0 Å². The maximum Gasteiger partial charge on any atom is 0.308 e. The van der Waals surface area contributed by atoms with Crippen LogP contribution in [0.4, 0.5) is 11.4 Å². The van der Waals surface area contributed by atoms with Gasteiger partial charge in [0.1, 0.15) is 11.8 Å². The van der Waals surface area contributed by atoms with Gasteiger partial charge in [-0.15, -0.1) is 0 Å². The zero-order valence-corrected chi connectivity index (χ0v) is 24.9. The molecular formula is C29H21BrClN3O4S2. The van der Waals surface area contributed by atoms with Gasteiger partial charge in [0.05, 0.1) is 16.6 Å². The first-order chi connectivity index (χ1) is 19.2. The largest absolute Gasteiger partial charge is 0.325 e. The second-order valence-corrected chi connectivity index (χ2v) is 13.1. The highest BCUT2D eigenvalue weighted by atomic mass is 79.9. The molecule has 0 radical (unpaired) electrons. The maximum atomic E-state index is 13.9. The van der Waals surface area contributed by atoms with Crippen molar-refractivity contribution in [1.82, 2.24) is 4.57 Å². The van der Waals surface area contributed by atoms with Crippen LogP contribution in [0.2, 0.25) is 5.02 Å². The second-order valence-electron chi connectivity index (χ2n) is 9.62. The minimum atomic E-state index is -0.745. The van der Waals surface area contributed by atoms with E-state index in [-0.39, 0.29) is 29.1 Å². The average Bonchev–Trinajstić information content (AvgIpc) is 3.36. The molecule has 3 aromatic carbocycles. The van der Waals surface area contributed by atoms with Crippen molar-refractivity contribution in [3.8, 4) is 0 Å². The number of anilines is 2.